The van der Waals surface area contributed by atoms with Gasteiger partial charge >= 0.3 is 0 Å². The first-order chi connectivity index (χ1) is 15.3. The van der Waals surface area contributed by atoms with E-state index in [1.165, 1.54) is 16.5 Å². The maximum Gasteiger partial charge on any atom is 0.233 e. The van der Waals surface area contributed by atoms with Crippen LogP contribution in [0.5, 0.6) is 5.75 Å². The lowest BCUT2D eigenvalue weighted by atomic mass is 9.69. The third-order valence-corrected chi connectivity index (χ3v) is 7.39. The molecule has 2 fully saturated rings. The number of carbonyl (C=O) groups excluding carboxylic acids is 2. The summed E-state index contributed by atoms with van der Waals surface area (Å²) >= 11 is 6.29. The van der Waals surface area contributed by atoms with E-state index < -0.39 is 0 Å². The fraction of sp³-hybridized carbons (Fsp3) is 0.520. The molecule has 1 aromatic carbocycles. The Hall–Kier alpha value is -2.15. The van der Waals surface area contributed by atoms with Gasteiger partial charge < -0.3 is 14.9 Å². The summed E-state index contributed by atoms with van der Waals surface area (Å²) in [5.74, 6) is -1.02. The molecule has 0 unspecified atom stereocenters. The number of fused-ring (bicyclic) bond motifs is 3. The van der Waals surface area contributed by atoms with Crippen LogP contribution in [0.15, 0.2) is 34.9 Å². The Kier molecular flexibility index (Phi) is 6.75. The monoisotopic (exact) mass is 459 g/mol. The van der Waals surface area contributed by atoms with Gasteiger partial charge in [-0.1, -0.05) is 36.6 Å². The van der Waals surface area contributed by atoms with Crippen molar-refractivity contribution in [2.24, 2.45) is 17.8 Å². The van der Waals surface area contributed by atoms with Crippen molar-refractivity contribution < 1.29 is 24.5 Å². The number of rotatable bonds is 7. The Labute approximate surface area is 193 Å². The van der Waals surface area contributed by atoms with E-state index in [2.05, 4.69) is 13.0 Å². The van der Waals surface area contributed by atoms with Crippen molar-refractivity contribution in [3.63, 3.8) is 0 Å². The predicted octanol–water partition coefficient (Wildman–Crippen LogP) is 3.95. The molecule has 4 atom stereocenters. The molecule has 32 heavy (non-hydrogen) atoms. The maximum absolute atomic E-state index is 12.7. The predicted molar refractivity (Wildman–Crippen MR) is 122 cm³/mol. The average molecular weight is 460 g/mol. The first-order valence-corrected chi connectivity index (χ1v) is 11.7. The maximum atomic E-state index is 12.7. The molecule has 2 N–H and O–H groups in total. The molecule has 6 nitrogen and oxygen atoms in total. The normalized spacial score (nSPS) is 27.9. The van der Waals surface area contributed by atoms with Crippen LogP contribution in [0.4, 0.5) is 0 Å². The highest BCUT2D eigenvalue weighted by Crippen LogP contribution is 2.49. The molecule has 1 aliphatic carbocycles. The van der Waals surface area contributed by atoms with E-state index in [1.54, 1.807) is 13.1 Å². The molecule has 0 bridgehead atoms. The van der Waals surface area contributed by atoms with Gasteiger partial charge in [-0.2, -0.15) is 0 Å². The first-order valence-electron chi connectivity index (χ1n) is 11.3. The lowest BCUT2D eigenvalue weighted by Crippen LogP contribution is -2.34. The van der Waals surface area contributed by atoms with E-state index in [9.17, 15) is 19.8 Å². The quantitative estimate of drug-likeness (QED) is 0.476. The number of benzene rings is 1. The van der Waals surface area contributed by atoms with Crippen molar-refractivity contribution in [3.05, 3.63) is 45.5 Å². The van der Waals surface area contributed by atoms with Crippen LogP contribution in [-0.4, -0.2) is 53.3 Å². The van der Waals surface area contributed by atoms with E-state index in [-0.39, 0.29) is 48.0 Å². The largest absolute Gasteiger partial charge is 0.508 e. The van der Waals surface area contributed by atoms with Crippen LogP contribution in [-0.2, 0) is 14.3 Å². The van der Waals surface area contributed by atoms with E-state index in [4.69, 9.17) is 16.3 Å². The summed E-state index contributed by atoms with van der Waals surface area (Å²) in [5.41, 5.74) is 3.99. The number of likely N-dealkylation sites (tertiary alicyclic amines) is 1. The molecule has 2 saturated heterocycles. The van der Waals surface area contributed by atoms with Gasteiger partial charge in [-0.05, 0) is 60.6 Å². The minimum atomic E-state index is -0.377. The third kappa shape index (κ3) is 4.12. The molecule has 3 aliphatic rings. The standard InChI is InChI=1S/C25H30ClNO5/c1-3-4-14(9-15-6-7-17(29)11-20(15)26)5-8-21-22-16(12-28)10-18-23(19(22)13-32-21)25(31)27(2)24(18)30/h6-7,9,11,18-19,21,23,28-29H,3-5,8,10,12-13H2,1-2H3/b14-9+/t18-,19+,21-,23-/m1/s1. The molecule has 0 saturated carbocycles. The minimum absolute atomic E-state index is 0.110. The van der Waals surface area contributed by atoms with Gasteiger partial charge in [0.1, 0.15) is 5.75 Å². The summed E-state index contributed by atoms with van der Waals surface area (Å²) in [5, 5.41) is 20.1. The highest BCUT2D eigenvalue weighted by molar-refractivity contribution is 6.32. The van der Waals surface area contributed by atoms with Crippen LogP contribution in [0.1, 0.15) is 44.6 Å². The first kappa shape index (κ1) is 23.0. The van der Waals surface area contributed by atoms with Crippen LogP contribution in [0.2, 0.25) is 5.02 Å². The smallest absolute Gasteiger partial charge is 0.233 e. The second kappa shape index (κ2) is 9.38. The number of hydrogen-bond acceptors (Lipinski definition) is 5. The molecule has 2 aliphatic heterocycles. The van der Waals surface area contributed by atoms with E-state index in [0.717, 1.165) is 42.4 Å². The zero-order chi connectivity index (χ0) is 23.0. The highest BCUT2D eigenvalue weighted by Gasteiger charge is 2.55. The molecule has 0 radical (unpaired) electrons. The van der Waals surface area contributed by atoms with E-state index in [1.807, 2.05) is 6.07 Å². The molecular weight excluding hydrogens is 430 g/mol. The van der Waals surface area contributed by atoms with Crippen molar-refractivity contribution in [3.8, 4) is 5.75 Å². The summed E-state index contributed by atoms with van der Waals surface area (Å²) in [7, 11) is 1.55. The average Bonchev–Trinajstić information content (AvgIpc) is 3.28. The second-order valence-electron chi connectivity index (χ2n) is 9.01. The number of imide groups is 1. The second-order valence-corrected chi connectivity index (χ2v) is 9.42. The van der Waals surface area contributed by atoms with Gasteiger partial charge in [-0.25, -0.2) is 0 Å². The minimum Gasteiger partial charge on any atom is -0.508 e. The van der Waals surface area contributed by atoms with E-state index in [0.29, 0.717) is 18.1 Å². The Bertz CT molecular complexity index is 985. The summed E-state index contributed by atoms with van der Waals surface area (Å²) < 4.78 is 6.14. The van der Waals surface area contributed by atoms with Crippen molar-refractivity contribution in [2.45, 2.75) is 45.1 Å². The zero-order valence-electron chi connectivity index (χ0n) is 18.5. The molecule has 1 aromatic rings. The number of phenols is 1. The molecule has 0 spiro atoms. The number of nitrogens with zero attached hydrogens (tertiary/aromatic N) is 1. The Morgan fingerprint density at radius 3 is 2.72 bits per heavy atom. The topological polar surface area (TPSA) is 87.1 Å². The number of halogens is 1. The van der Waals surface area contributed by atoms with Gasteiger partial charge in [-0.15, -0.1) is 0 Å². The molecule has 7 heteroatoms. The van der Waals surface area contributed by atoms with Crippen LogP contribution >= 0.6 is 11.6 Å². The molecule has 4 rings (SSSR count). The number of ether oxygens (including phenoxy) is 1. The summed E-state index contributed by atoms with van der Waals surface area (Å²) in [6.07, 6.45) is 5.80. The van der Waals surface area contributed by atoms with Crippen LogP contribution in [0.25, 0.3) is 6.08 Å². The fourth-order valence-electron chi connectivity index (χ4n) is 5.54. The van der Waals surface area contributed by atoms with E-state index >= 15 is 0 Å². The lowest BCUT2D eigenvalue weighted by Gasteiger charge is -2.31. The zero-order valence-corrected chi connectivity index (χ0v) is 19.3. The molecule has 172 valence electrons. The van der Waals surface area contributed by atoms with Crippen LogP contribution < -0.4 is 0 Å². The number of amides is 2. The number of carbonyl (C=O) groups is 2. The Morgan fingerprint density at radius 2 is 2.03 bits per heavy atom. The van der Waals surface area contributed by atoms with Gasteiger partial charge in [0, 0.05) is 13.0 Å². The summed E-state index contributed by atoms with van der Waals surface area (Å²) in [6, 6.07) is 4.97. The van der Waals surface area contributed by atoms with Gasteiger partial charge in [0.15, 0.2) is 0 Å². The summed E-state index contributed by atoms with van der Waals surface area (Å²) in [4.78, 5) is 26.5. The van der Waals surface area contributed by atoms with Crippen LogP contribution in [0.3, 0.4) is 0 Å². The Morgan fingerprint density at radius 1 is 1.25 bits per heavy atom. The highest BCUT2D eigenvalue weighted by atomic mass is 35.5. The number of aliphatic hydroxyl groups is 1. The summed E-state index contributed by atoms with van der Waals surface area (Å²) in [6.45, 7) is 2.43. The van der Waals surface area contributed by atoms with Gasteiger partial charge in [0.2, 0.25) is 11.8 Å². The van der Waals surface area contributed by atoms with Crippen LogP contribution in [0, 0.1) is 17.8 Å². The van der Waals surface area contributed by atoms with Gasteiger partial charge in [-0.3, -0.25) is 14.5 Å². The van der Waals surface area contributed by atoms with Crippen molar-refractivity contribution in [2.75, 3.05) is 20.3 Å². The van der Waals surface area contributed by atoms with Gasteiger partial charge in [0.25, 0.3) is 0 Å². The molecular formula is C25H30ClNO5. The Balaban J connectivity index is 1.54. The number of phenolic OH excluding ortho intramolecular Hbond substituents is 1. The lowest BCUT2D eigenvalue weighted by molar-refractivity contribution is -0.138. The molecule has 2 amide bonds. The number of aliphatic hydroxyl groups excluding tert-OH is 1. The van der Waals surface area contributed by atoms with Gasteiger partial charge in [0.05, 0.1) is 36.2 Å². The third-order valence-electron chi connectivity index (χ3n) is 7.06. The van der Waals surface area contributed by atoms with Crippen molar-refractivity contribution in [1.29, 1.82) is 0 Å². The molecule has 2 heterocycles. The van der Waals surface area contributed by atoms with Crippen molar-refractivity contribution in [1.82, 2.24) is 4.90 Å². The molecule has 0 aromatic heterocycles. The SMILES string of the molecule is CCC/C(=C\c1ccc(O)cc1Cl)CC[C@H]1OC[C@H]2C1=C(CO)C[C@H]1C(=O)N(C)C(=O)[C@H]12. The number of hydrogen-bond donors (Lipinski definition) is 2. The fourth-order valence-corrected chi connectivity index (χ4v) is 5.77. The van der Waals surface area contributed by atoms with Crippen molar-refractivity contribution >= 4 is 29.5 Å². The number of aromatic hydroxyl groups is 1. The number of allylic oxidation sites excluding steroid dienone is 1.